The van der Waals surface area contributed by atoms with Crippen LogP contribution < -0.4 is 0 Å². The van der Waals surface area contributed by atoms with E-state index in [4.69, 9.17) is 0 Å². The lowest BCUT2D eigenvalue weighted by Crippen LogP contribution is -2.28. The first-order valence-corrected chi connectivity index (χ1v) is 11.1. The van der Waals surface area contributed by atoms with Crippen LogP contribution in [0.2, 0.25) is 0 Å². The number of amides is 1. The first-order valence-electron chi connectivity index (χ1n) is 9.44. The third kappa shape index (κ3) is 4.10. The summed E-state index contributed by atoms with van der Waals surface area (Å²) in [7, 11) is -1.82. The van der Waals surface area contributed by atoms with Crippen molar-refractivity contribution in [2.24, 2.45) is 0 Å². The van der Waals surface area contributed by atoms with Crippen LogP contribution in [0.4, 0.5) is 0 Å². The number of rotatable bonds is 6. The first kappa shape index (κ1) is 20.8. The Hall–Kier alpha value is -2.93. The smallest absolute Gasteiger partial charge is 0.255 e. The summed E-state index contributed by atoms with van der Waals surface area (Å²) < 4.78 is 26.6. The number of hydrogen-bond acceptors (Lipinski definition) is 4. The highest BCUT2D eigenvalue weighted by Crippen LogP contribution is 2.22. The molecular weight excluding hydrogens is 386 g/mol. The van der Waals surface area contributed by atoms with E-state index in [0.717, 1.165) is 22.6 Å². The highest BCUT2D eigenvalue weighted by atomic mass is 32.2. The molecule has 0 radical (unpaired) electrons. The molecule has 0 aliphatic rings. The minimum Gasteiger partial charge on any atom is -0.337 e. The zero-order valence-electron chi connectivity index (χ0n) is 17.1. The lowest BCUT2D eigenvalue weighted by molar-refractivity contribution is 0.0781. The summed E-state index contributed by atoms with van der Waals surface area (Å²) in [6.07, 6.45) is 0. The number of benzene rings is 2. The standard InChI is InChI=1S/C22H25N3O3S/c1-5-29(27,28)21-14-10-9-13-19(21)22(26)24(4)15-20-16(2)23-25(17(20)3)18-11-7-6-8-12-18/h6-14H,5,15H2,1-4H3. The second-order valence-corrected chi connectivity index (χ2v) is 9.20. The highest BCUT2D eigenvalue weighted by molar-refractivity contribution is 7.91. The SMILES string of the molecule is CCS(=O)(=O)c1ccccc1C(=O)N(C)Cc1c(C)nn(-c2ccccc2)c1C. The van der Waals surface area contributed by atoms with Gasteiger partial charge in [0.2, 0.25) is 0 Å². The van der Waals surface area contributed by atoms with Gasteiger partial charge in [0, 0.05) is 24.8 Å². The molecule has 1 heterocycles. The summed E-state index contributed by atoms with van der Waals surface area (Å²) in [5.74, 6) is -0.382. The van der Waals surface area contributed by atoms with Crippen LogP contribution in [0.1, 0.15) is 34.2 Å². The number of para-hydroxylation sites is 1. The maximum Gasteiger partial charge on any atom is 0.255 e. The van der Waals surface area contributed by atoms with E-state index in [-0.39, 0.29) is 22.1 Å². The van der Waals surface area contributed by atoms with Crippen LogP contribution in [0.3, 0.4) is 0 Å². The zero-order chi connectivity index (χ0) is 21.2. The van der Waals surface area contributed by atoms with Crippen LogP contribution in [0.25, 0.3) is 5.69 Å². The van der Waals surface area contributed by atoms with Crippen molar-refractivity contribution in [2.75, 3.05) is 12.8 Å². The fourth-order valence-corrected chi connectivity index (χ4v) is 4.40. The highest BCUT2D eigenvalue weighted by Gasteiger charge is 2.24. The van der Waals surface area contributed by atoms with Gasteiger partial charge in [-0.3, -0.25) is 4.79 Å². The molecular formula is C22H25N3O3S. The fraction of sp³-hybridized carbons (Fsp3) is 0.273. The van der Waals surface area contributed by atoms with Gasteiger partial charge in [-0.2, -0.15) is 5.10 Å². The van der Waals surface area contributed by atoms with Crippen LogP contribution in [-0.4, -0.2) is 41.8 Å². The summed E-state index contributed by atoms with van der Waals surface area (Å²) in [5.41, 5.74) is 3.87. The van der Waals surface area contributed by atoms with Crippen LogP contribution in [-0.2, 0) is 16.4 Å². The van der Waals surface area contributed by atoms with Crippen molar-refractivity contribution in [3.05, 3.63) is 77.1 Å². The van der Waals surface area contributed by atoms with E-state index >= 15 is 0 Å². The van der Waals surface area contributed by atoms with Crippen molar-refractivity contribution in [1.82, 2.24) is 14.7 Å². The van der Waals surface area contributed by atoms with Gasteiger partial charge in [0.25, 0.3) is 5.91 Å². The van der Waals surface area contributed by atoms with Gasteiger partial charge in [-0.25, -0.2) is 13.1 Å². The number of nitrogens with zero attached hydrogens (tertiary/aromatic N) is 3. The van der Waals surface area contributed by atoms with Gasteiger partial charge in [-0.05, 0) is 38.1 Å². The summed E-state index contributed by atoms with van der Waals surface area (Å²) in [6.45, 7) is 5.79. The van der Waals surface area contributed by atoms with E-state index in [9.17, 15) is 13.2 Å². The number of carbonyl (C=O) groups excluding carboxylic acids is 1. The van der Waals surface area contributed by atoms with Crippen molar-refractivity contribution >= 4 is 15.7 Å². The molecule has 152 valence electrons. The molecule has 6 nitrogen and oxygen atoms in total. The summed E-state index contributed by atoms with van der Waals surface area (Å²) in [5, 5.41) is 4.62. The maximum absolute atomic E-state index is 13.1. The normalized spacial score (nSPS) is 11.4. The molecule has 1 amide bonds. The number of carbonyl (C=O) groups is 1. The number of aryl methyl sites for hydroxylation is 1. The number of aromatic nitrogens is 2. The Labute approximate surface area is 171 Å². The summed E-state index contributed by atoms with van der Waals surface area (Å²) >= 11 is 0. The lowest BCUT2D eigenvalue weighted by Gasteiger charge is -2.19. The Morgan fingerprint density at radius 2 is 1.66 bits per heavy atom. The Balaban J connectivity index is 1.92. The molecule has 3 aromatic rings. The summed E-state index contributed by atoms with van der Waals surface area (Å²) in [6, 6.07) is 16.2. The molecule has 0 atom stereocenters. The van der Waals surface area contributed by atoms with Gasteiger partial charge in [0.15, 0.2) is 9.84 Å². The van der Waals surface area contributed by atoms with Gasteiger partial charge in [-0.15, -0.1) is 0 Å². The van der Waals surface area contributed by atoms with E-state index in [1.165, 1.54) is 11.0 Å². The Morgan fingerprint density at radius 1 is 1.03 bits per heavy atom. The van der Waals surface area contributed by atoms with Crippen LogP contribution >= 0.6 is 0 Å². The summed E-state index contributed by atoms with van der Waals surface area (Å²) in [4.78, 5) is 14.7. The Bertz CT molecular complexity index is 1140. The average Bonchev–Trinajstić information content (AvgIpc) is 3.02. The van der Waals surface area contributed by atoms with Crippen LogP contribution in [0, 0.1) is 13.8 Å². The molecule has 0 bridgehead atoms. The zero-order valence-corrected chi connectivity index (χ0v) is 17.9. The molecule has 7 heteroatoms. The minimum absolute atomic E-state index is 0.0525. The first-order chi connectivity index (χ1) is 13.8. The average molecular weight is 412 g/mol. The van der Waals surface area contributed by atoms with Gasteiger partial charge in [0.1, 0.15) is 0 Å². The minimum atomic E-state index is -3.49. The fourth-order valence-electron chi connectivity index (χ4n) is 3.31. The Morgan fingerprint density at radius 3 is 2.31 bits per heavy atom. The van der Waals surface area contributed by atoms with Gasteiger partial charge in [0.05, 0.1) is 27.6 Å². The van der Waals surface area contributed by atoms with Crippen molar-refractivity contribution in [3.8, 4) is 5.69 Å². The third-order valence-electron chi connectivity index (χ3n) is 5.02. The topological polar surface area (TPSA) is 72.3 Å². The maximum atomic E-state index is 13.1. The number of hydrogen-bond donors (Lipinski definition) is 0. The van der Waals surface area contributed by atoms with E-state index in [1.807, 2.05) is 48.9 Å². The third-order valence-corrected chi connectivity index (χ3v) is 6.80. The van der Waals surface area contributed by atoms with Crippen LogP contribution in [0.5, 0.6) is 0 Å². The molecule has 0 N–H and O–H groups in total. The van der Waals surface area contributed by atoms with Gasteiger partial charge >= 0.3 is 0 Å². The molecule has 0 fully saturated rings. The van der Waals surface area contributed by atoms with Crippen molar-refractivity contribution in [3.63, 3.8) is 0 Å². The molecule has 3 rings (SSSR count). The van der Waals surface area contributed by atoms with Crippen molar-refractivity contribution in [2.45, 2.75) is 32.2 Å². The lowest BCUT2D eigenvalue weighted by atomic mass is 10.1. The molecule has 0 spiro atoms. The van der Waals surface area contributed by atoms with E-state index in [0.29, 0.717) is 6.54 Å². The molecule has 1 aromatic heterocycles. The molecule has 0 unspecified atom stereocenters. The Kier molecular flexibility index (Phi) is 5.88. The number of sulfone groups is 1. The van der Waals surface area contributed by atoms with E-state index in [1.54, 1.807) is 32.2 Å². The van der Waals surface area contributed by atoms with E-state index in [2.05, 4.69) is 5.10 Å². The molecule has 2 aromatic carbocycles. The van der Waals surface area contributed by atoms with Crippen LogP contribution in [0.15, 0.2) is 59.5 Å². The molecule has 0 saturated carbocycles. The molecule has 0 aliphatic heterocycles. The molecule has 29 heavy (non-hydrogen) atoms. The predicted molar refractivity (Wildman–Crippen MR) is 113 cm³/mol. The van der Waals surface area contributed by atoms with Gasteiger partial charge in [-0.1, -0.05) is 37.3 Å². The van der Waals surface area contributed by atoms with Gasteiger partial charge < -0.3 is 4.90 Å². The molecule has 0 aliphatic carbocycles. The van der Waals surface area contributed by atoms with E-state index < -0.39 is 9.84 Å². The largest absolute Gasteiger partial charge is 0.337 e. The second kappa shape index (κ2) is 8.21. The molecule has 0 saturated heterocycles. The van der Waals surface area contributed by atoms with Crippen molar-refractivity contribution in [1.29, 1.82) is 0 Å². The quantitative estimate of drug-likeness (QED) is 0.622. The van der Waals surface area contributed by atoms with Crippen molar-refractivity contribution < 1.29 is 13.2 Å². The monoisotopic (exact) mass is 411 g/mol. The predicted octanol–water partition coefficient (Wildman–Crippen LogP) is 3.55. The second-order valence-electron chi connectivity index (χ2n) is 6.96.